The van der Waals surface area contributed by atoms with Gasteiger partial charge in [-0.05, 0) is 50.4 Å². The van der Waals surface area contributed by atoms with Gasteiger partial charge in [0.25, 0.3) is 0 Å². The summed E-state index contributed by atoms with van der Waals surface area (Å²) in [4.78, 5) is 23.1. The van der Waals surface area contributed by atoms with Crippen LogP contribution in [0.15, 0.2) is 0 Å². The molecule has 0 heterocycles. The average molecular weight is 448 g/mol. The van der Waals surface area contributed by atoms with Crippen LogP contribution in [0.4, 0.5) is 17.6 Å². The monoisotopic (exact) mass is 448 g/mol. The van der Waals surface area contributed by atoms with E-state index in [4.69, 9.17) is 9.29 Å². The van der Waals surface area contributed by atoms with E-state index in [1.807, 2.05) is 0 Å². The van der Waals surface area contributed by atoms with Crippen molar-refractivity contribution < 1.29 is 54.7 Å². The number of alkyl halides is 4. The van der Waals surface area contributed by atoms with E-state index in [0.717, 1.165) is 6.42 Å². The van der Waals surface area contributed by atoms with Gasteiger partial charge in [0.05, 0.1) is 12.2 Å². The van der Waals surface area contributed by atoms with Gasteiger partial charge in [-0.15, -0.1) is 0 Å². The third-order valence-corrected chi connectivity index (χ3v) is 7.10. The fourth-order valence-electron chi connectivity index (χ4n) is 5.43. The first-order valence-electron chi connectivity index (χ1n) is 8.87. The maximum absolute atomic E-state index is 13.8. The second kappa shape index (κ2) is 6.77. The molecule has 0 radical (unpaired) electrons. The van der Waals surface area contributed by atoms with E-state index >= 15 is 0 Å². The van der Waals surface area contributed by atoms with Crippen LogP contribution in [-0.2, 0) is 29.2 Å². The van der Waals surface area contributed by atoms with Crippen molar-refractivity contribution in [3.63, 3.8) is 0 Å². The molecule has 2 N–H and O–H groups in total. The zero-order valence-electron chi connectivity index (χ0n) is 15.1. The summed E-state index contributed by atoms with van der Waals surface area (Å²) in [5, 5.41) is 4.89. The van der Waals surface area contributed by atoms with E-state index in [-0.39, 0.29) is 18.4 Å². The fraction of sp³-hybridized carbons (Fsp3) is 0.875. The molecular formula is C16H20F4O8S. The second-order valence-corrected chi connectivity index (χ2v) is 10.0. The molecule has 8 nitrogen and oxygen atoms in total. The molecule has 0 aliphatic heterocycles. The van der Waals surface area contributed by atoms with Crippen LogP contribution >= 0.6 is 0 Å². The zero-order chi connectivity index (χ0) is 21.9. The Bertz CT molecular complexity index is 796. The summed E-state index contributed by atoms with van der Waals surface area (Å²) in [5.74, 6) is -3.73. The van der Waals surface area contributed by atoms with E-state index in [1.54, 1.807) is 0 Å². The quantitative estimate of drug-likeness (QED) is 0.356. The molecule has 0 spiro atoms. The standard InChI is InChI=1S/C16H20F4O8S/c17-15(16(18,19)20,29(24,25)26)12(22)27-6-11(21)28-8-13-2-9-1-10(3-13)5-14(23,4-9)7-13/h9-10,23H,1-8H2,(H,24,25,26). The Morgan fingerprint density at radius 2 is 1.59 bits per heavy atom. The molecule has 4 aliphatic rings. The van der Waals surface area contributed by atoms with Gasteiger partial charge in [-0.25, -0.2) is 14.0 Å². The first kappa shape index (κ1) is 22.2. The fourth-order valence-corrected chi connectivity index (χ4v) is 5.99. The maximum atomic E-state index is 13.8. The molecule has 4 saturated carbocycles. The SMILES string of the molecule is O=C(COC(=O)C(F)(C(F)(F)F)S(=O)(=O)O)OCC12CC3CC(CC(O)(C3)C1)C2. The number of esters is 2. The Morgan fingerprint density at radius 1 is 1.03 bits per heavy atom. The Balaban J connectivity index is 1.57. The highest BCUT2D eigenvalue weighted by Crippen LogP contribution is 2.61. The number of carbonyl (C=O) groups is 2. The number of hydrogen-bond acceptors (Lipinski definition) is 7. The molecule has 4 rings (SSSR count). The molecule has 4 bridgehead atoms. The van der Waals surface area contributed by atoms with Crippen molar-refractivity contribution in [1.29, 1.82) is 0 Å². The molecule has 0 saturated heterocycles. The normalized spacial score (nSPS) is 35.8. The van der Waals surface area contributed by atoms with Crippen LogP contribution < -0.4 is 0 Å². The molecule has 4 fully saturated rings. The highest BCUT2D eigenvalue weighted by atomic mass is 32.2. The van der Waals surface area contributed by atoms with E-state index in [0.29, 0.717) is 32.1 Å². The van der Waals surface area contributed by atoms with Gasteiger partial charge in [-0.3, -0.25) is 4.55 Å². The molecule has 3 atom stereocenters. The summed E-state index contributed by atoms with van der Waals surface area (Å²) in [5.41, 5.74) is -1.32. The van der Waals surface area contributed by atoms with Crippen LogP contribution in [0.25, 0.3) is 0 Å². The molecule has 0 aromatic heterocycles. The van der Waals surface area contributed by atoms with Crippen LogP contribution in [0.3, 0.4) is 0 Å². The van der Waals surface area contributed by atoms with Crippen molar-refractivity contribution >= 4 is 22.1 Å². The molecule has 0 amide bonds. The van der Waals surface area contributed by atoms with E-state index in [9.17, 15) is 40.7 Å². The lowest BCUT2D eigenvalue weighted by Crippen LogP contribution is -2.57. The smallest absolute Gasteiger partial charge is 0.451 e. The third-order valence-electron chi connectivity index (χ3n) is 5.99. The highest BCUT2D eigenvalue weighted by molar-refractivity contribution is 7.88. The van der Waals surface area contributed by atoms with Gasteiger partial charge in [0.1, 0.15) is 0 Å². The van der Waals surface area contributed by atoms with Crippen molar-refractivity contribution in [3.05, 3.63) is 0 Å². The number of ether oxygens (including phenoxy) is 2. The van der Waals surface area contributed by atoms with E-state index < -0.39 is 50.9 Å². The predicted molar refractivity (Wildman–Crippen MR) is 85.4 cm³/mol. The summed E-state index contributed by atoms with van der Waals surface area (Å²) in [7, 11) is -6.57. The Hall–Kier alpha value is -1.47. The molecular weight excluding hydrogens is 428 g/mol. The highest BCUT2D eigenvalue weighted by Gasteiger charge is 2.72. The van der Waals surface area contributed by atoms with Crippen molar-refractivity contribution in [3.8, 4) is 0 Å². The third kappa shape index (κ3) is 3.96. The van der Waals surface area contributed by atoms with Crippen molar-refractivity contribution in [2.75, 3.05) is 13.2 Å². The molecule has 4 aliphatic carbocycles. The predicted octanol–water partition coefficient (Wildman–Crippen LogP) is 1.52. The summed E-state index contributed by atoms with van der Waals surface area (Å²) in [6.45, 7) is -1.62. The van der Waals surface area contributed by atoms with Crippen LogP contribution in [-0.4, -0.2) is 60.0 Å². The second-order valence-electron chi connectivity index (χ2n) is 8.49. The molecule has 13 heteroatoms. The van der Waals surface area contributed by atoms with Crippen LogP contribution in [0.1, 0.15) is 38.5 Å². The molecule has 29 heavy (non-hydrogen) atoms. The van der Waals surface area contributed by atoms with Gasteiger partial charge in [0, 0.05) is 5.41 Å². The molecule has 0 aromatic carbocycles. The minimum absolute atomic E-state index is 0.156. The number of hydrogen-bond donors (Lipinski definition) is 2. The largest absolute Gasteiger partial charge is 0.463 e. The summed E-state index contributed by atoms with van der Waals surface area (Å²) in [6, 6.07) is 0. The van der Waals surface area contributed by atoms with Crippen molar-refractivity contribution in [2.24, 2.45) is 17.3 Å². The first-order valence-corrected chi connectivity index (χ1v) is 10.3. The average Bonchev–Trinajstić information content (AvgIpc) is 2.52. The van der Waals surface area contributed by atoms with Gasteiger partial charge < -0.3 is 14.6 Å². The number of halogens is 4. The minimum atomic E-state index is -6.57. The van der Waals surface area contributed by atoms with Crippen molar-refractivity contribution in [2.45, 2.75) is 55.3 Å². The zero-order valence-corrected chi connectivity index (χ0v) is 15.9. The summed E-state index contributed by atoms with van der Waals surface area (Å²) in [6.07, 6.45) is -2.18. The Labute approximate surface area is 163 Å². The van der Waals surface area contributed by atoms with Gasteiger partial charge in [0.15, 0.2) is 6.61 Å². The number of carbonyl (C=O) groups excluding carboxylic acids is 2. The Morgan fingerprint density at radius 3 is 2.03 bits per heavy atom. The van der Waals surface area contributed by atoms with Crippen LogP contribution in [0.2, 0.25) is 0 Å². The lowest BCUT2D eigenvalue weighted by molar-refractivity contribution is -0.216. The number of aliphatic hydroxyl groups is 1. The maximum Gasteiger partial charge on any atom is 0.451 e. The summed E-state index contributed by atoms with van der Waals surface area (Å²) < 4.78 is 90.3. The Kier molecular flexibility index (Phi) is 5.19. The lowest BCUT2D eigenvalue weighted by atomic mass is 9.48. The van der Waals surface area contributed by atoms with Gasteiger partial charge in [-0.2, -0.15) is 21.6 Å². The van der Waals surface area contributed by atoms with E-state index in [1.165, 1.54) is 0 Å². The first-order chi connectivity index (χ1) is 13.1. The molecule has 166 valence electrons. The molecule has 3 unspecified atom stereocenters. The summed E-state index contributed by atoms with van der Waals surface area (Å²) >= 11 is 0. The topological polar surface area (TPSA) is 127 Å². The van der Waals surface area contributed by atoms with Crippen LogP contribution in [0, 0.1) is 17.3 Å². The molecule has 0 aromatic rings. The van der Waals surface area contributed by atoms with Crippen LogP contribution in [0.5, 0.6) is 0 Å². The van der Waals surface area contributed by atoms with Gasteiger partial charge in [-0.1, -0.05) is 0 Å². The van der Waals surface area contributed by atoms with Crippen molar-refractivity contribution in [1.82, 2.24) is 0 Å². The van der Waals surface area contributed by atoms with E-state index in [2.05, 4.69) is 4.74 Å². The number of rotatable bonds is 6. The minimum Gasteiger partial charge on any atom is -0.463 e. The van der Waals surface area contributed by atoms with Gasteiger partial charge >= 0.3 is 33.2 Å². The lowest BCUT2D eigenvalue weighted by Gasteiger charge is -2.59. The van der Waals surface area contributed by atoms with Gasteiger partial charge in [0.2, 0.25) is 0 Å².